The molecule has 0 amide bonds. The van der Waals surface area contributed by atoms with Gasteiger partial charge in [0.2, 0.25) is 0 Å². The molecule has 2 rings (SSSR count). The number of benzene rings is 1. The topological polar surface area (TPSA) is 50.9 Å². The fourth-order valence-electron chi connectivity index (χ4n) is 2.22. The lowest BCUT2D eigenvalue weighted by Gasteiger charge is -2.19. The number of pyridine rings is 1. The molecule has 3 N–H and O–H groups in total. The summed E-state index contributed by atoms with van der Waals surface area (Å²) in [5.74, 6) is 5.45. The van der Waals surface area contributed by atoms with E-state index in [0.717, 1.165) is 22.5 Å². The SMILES string of the molecule is Cc1ccc(C(NN)c2ccc(F)c(C)c2)c(C)n1. The number of aromatic nitrogens is 1. The van der Waals surface area contributed by atoms with Gasteiger partial charge in [-0.3, -0.25) is 10.8 Å². The number of nitrogens with one attached hydrogen (secondary N) is 1. The van der Waals surface area contributed by atoms with Crippen LogP contribution in [0, 0.1) is 26.6 Å². The highest BCUT2D eigenvalue weighted by Gasteiger charge is 2.16. The van der Waals surface area contributed by atoms with Gasteiger partial charge in [0.15, 0.2) is 0 Å². The number of halogens is 1. The van der Waals surface area contributed by atoms with E-state index in [1.165, 1.54) is 6.07 Å². The van der Waals surface area contributed by atoms with Crippen molar-refractivity contribution in [1.82, 2.24) is 10.4 Å². The Labute approximate surface area is 112 Å². The third kappa shape index (κ3) is 2.80. The minimum Gasteiger partial charge on any atom is -0.271 e. The first kappa shape index (κ1) is 13.6. The van der Waals surface area contributed by atoms with Crippen LogP contribution in [-0.4, -0.2) is 4.98 Å². The highest BCUT2D eigenvalue weighted by atomic mass is 19.1. The molecule has 19 heavy (non-hydrogen) atoms. The van der Waals surface area contributed by atoms with E-state index in [2.05, 4.69) is 10.4 Å². The number of nitrogens with zero attached hydrogens (tertiary/aromatic N) is 1. The molecule has 0 saturated carbocycles. The summed E-state index contributed by atoms with van der Waals surface area (Å²) >= 11 is 0. The molecule has 1 aromatic carbocycles. The van der Waals surface area contributed by atoms with Gasteiger partial charge in [0.25, 0.3) is 0 Å². The van der Waals surface area contributed by atoms with Crippen molar-refractivity contribution >= 4 is 0 Å². The Hall–Kier alpha value is -1.78. The van der Waals surface area contributed by atoms with Gasteiger partial charge in [0.05, 0.1) is 6.04 Å². The van der Waals surface area contributed by atoms with E-state index < -0.39 is 0 Å². The zero-order chi connectivity index (χ0) is 14.0. The van der Waals surface area contributed by atoms with Crippen molar-refractivity contribution in [3.8, 4) is 0 Å². The largest absolute Gasteiger partial charge is 0.271 e. The molecular formula is C15H18FN3. The van der Waals surface area contributed by atoms with Crippen molar-refractivity contribution in [2.45, 2.75) is 26.8 Å². The predicted molar refractivity (Wildman–Crippen MR) is 74.0 cm³/mol. The second-order valence-corrected chi connectivity index (χ2v) is 4.74. The number of aryl methyl sites for hydroxylation is 3. The van der Waals surface area contributed by atoms with Crippen molar-refractivity contribution in [2.24, 2.45) is 5.84 Å². The van der Waals surface area contributed by atoms with Crippen molar-refractivity contribution in [2.75, 3.05) is 0 Å². The van der Waals surface area contributed by atoms with E-state index >= 15 is 0 Å². The van der Waals surface area contributed by atoms with E-state index in [-0.39, 0.29) is 11.9 Å². The maximum absolute atomic E-state index is 13.3. The fourth-order valence-corrected chi connectivity index (χ4v) is 2.22. The van der Waals surface area contributed by atoms with Gasteiger partial charge in [-0.25, -0.2) is 9.82 Å². The molecule has 100 valence electrons. The molecule has 1 aromatic heterocycles. The molecule has 1 atom stereocenters. The normalized spacial score (nSPS) is 12.5. The van der Waals surface area contributed by atoms with Gasteiger partial charge < -0.3 is 0 Å². The lowest BCUT2D eigenvalue weighted by molar-refractivity contribution is 0.606. The zero-order valence-corrected chi connectivity index (χ0v) is 11.4. The van der Waals surface area contributed by atoms with Crippen LogP contribution in [0.1, 0.15) is 34.1 Å². The van der Waals surface area contributed by atoms with Crippen LogP contribution >= 0.6 is 0 Å². The van der Waals surface area contributed by atoms with Crippen LogP contribution in [0.3, 0.4) is 0 Å². The van der Waals surface area contributed by atoms with Crippen LogP contribution in [0.2, 0.25) is 0 Å². The minimum absolute atomic E-state index is 0.188. The van der Waals surface area contributed by atoms with Crippen molar-refractivity contribution in [1.29, 1.82) is 0 Å². The Balaban J connectivity index is 2.46. The van der Waals surface area contributed by atoms with E-state index in [4.69, 9.17) is 5.84 Å². The second kappa shape index (κ2) is 5.47. The van der Waals surface area contributed by atoms with Crippen molar-refractivity contribution in [3.63, 3.8) is 0 Å². The second-order valence-electron chi connectivity index (χ2n) is 4.74. The summed E-state index contributed by atoms with van der Waals surface area (Å²) in [6.45, 7) is 5.64. The molecule has 0 spiro atoms. The van der Waals surface area contributed by atoms with Gasteiger partial charge in [-0.15, -0.1) is 0 Å². The zero-order valence-electron chi connectivity index (χ0n) is 11.4. The molecule has 0 radical (unpaired) electrons. The quantitative estimate of drug-likeness (QED) is 0.658. The summed E-state index contributed by atoms with van der Waals surface area (Å²) in [7, 11) is 0. The van der Waals surface area contributed by atoms with E-state index in [1.54, 1.807) is 19.1 Å². The molecule has 0 bridgehead atoms. The summed E-state index contributed by atoms with van der Waals surface area (Å²) in [5, 5.41) is 0. The summed E-state index contributed by atoms with van der Waals surface area (Å²) in [5.41, 5.74) is 7.20. The molecule has 0 aliphatic carbocycles. The Morgan fingerprint density at radius 1 is 1.16 bits per heavy atom. The molecular weight excluding hydrogens is 241 g/mol. The van der Waals surface area contributed by atoms with Gasteiger partial charge in [0, 0.05) is 11.4 Å². The third-order valence-corrected chi connectivity index (χ3v) is 3.26. The molecule has 0 aliphatic rings. The fraction of sp³-hybridized carbons (Fsp3) is 0.267. The first-order valence-electron chi connectivity index (χ1n) is 6.19. The summed E-state index contributed by atoms with van der Waals surface area (Å²) < 4.78 is 13.3. The van der Waals surface area contributed by atoms with Crippen LogP contribution in [0.4, 0.5) is 4.39 Å². The average Bonchev–Trinajstić information content (AvgIpc) is 2.37. The van der Waals surface area contributed by atoms with Crippen LogP contribution in [0.25, 0.3) is 0 Å². The van der Waals surface area contributed by atoms with Crippen LogP contribution in [0.5, 0.6) is 0 Å². The van der Waals surface area contributed by atoms with Crippen LogP contribution < -0.4 is 11.3 Å². The highest BCUT2D eigenvalue weighted by molar-refractivity contribution is 5.36. The maximum Gasteiger partial charge on any atom is 0.126 e. The number of hydrazine groups is 1. The highest BCUT2D eigenvalue weighted by Crippen LogP contribution is 2.25. The minimum atomic E-state index is -0.210. The standard InChI is InChI=1S/C15H18FN3/c1-9-8-12(5-7-14(9)16)15(19-17)13-6-4-10(2)18-11(13)3/h4-8,15,19H,17H2,1-3H3. The monoisotopic (exact) mass is 259 g/mol. The Morgan fingerprint density at radius 2 is 1.89 bits per heavy atom. The number of hydrogen-bond acceptors (Lipinski definition) is 3. The molecule has 0 aliphatic heterocycles. The predicted octanol–water partition coefficient (Wildman–Crippen LogP) is 2.70. The molecule has 1 heterocycles. The van der Waals surface area contributed by atoms with E-state index in [1.807, 2.05) is 26.0 Å². The van der Waals surface area contributed by atoms with Gasteiger partial charge in [-0.2, -0.15) is 0 Å². The number of hydrogen-bond donors (Lipinski definition) is 2. The molecule has 0 fully saturated rings. The van der Waals surface area contributed by atoms with Crippen LogP contribution in [-0.2, 0) is 0 Å². The van der Waals surface area contributed by atoms with Gasteiger partial charge in [-0.1, -0.05) is 18.2 Å². The van der Waals surface area contributed by atoms with Crippen LogP contribution in [0.15, 0.2) is 30.3 Å². The molecule has 1 unspecified atom stereocenters. The Kier molecular flexibility index (Phi) is 3.93. The third-order valence-electron chi connectivity index (χ3n) is 3.26. The summed E-state index contributed by atoms with van der Waals surface area (Å²) in [4.78, 5) is 4.44. The summed E-state index contributed by atoms with van der Waals surface area (Å²) in [6, 6.07) is 8.77. The van der Waals surface area contributed by atoms with E-state index in [0.29, 0.717) is 5.56 Å². The first-order chi connectivity index (χ1) is 9.02. The van der Waals surface area contributed by atoms with E-state index in [9.17, 15) is 4.39 Å². The molecule has 3 nitrogen and oxygen atoms in total. The Morgan fingerprint density at radius 3 is 2.47 bits per heavy atom. The van der Waals surface area contributed by atoms with Crippen molar-refractivity contribution in [3.05, 3.63) is 64.2 Å². The molecule has 0 saturated heterocycles. The Bertz CT molecular complexity index is 596. The van der Waals surface area contributed by atoms with Gasteiger partial charge >= 0.3 is 0 Å². The lowest BCUT2D eigenvalue weighted by Crippen LogP contribution is -2.29. The first-order valence-corrected chi connectivity index (χ1v) is 6.19. The maximum atomic E-state index is 13.3. The molecule has 4 heteroatoms. The number of nitrogens with two attached hydrogens (primary N) is 1. The van der Waals surface area contributed by atoms with Crippen molar-refractivity contribution < 1.29 is 4.39 Å². The average molecular weight is 259 g/mol. The smallest absolute Gasteiger partial charge is 0.126 e. The lowest BCUT2D eigenvalue weighted by atomic mass is 9.96. The van der Waals surface area contributed by atoms with Gasteiger partial charge in [0.1, 0.15) is 5.82 Å². The summed E-state index contributed by atoms with van der Waals surface area (Å²) in [6.07, 6.45) is 0. The van der Waals surface area contributed by atoms with Gasteiger partial charge in [-0.05, 0) is 49.6 Å². The number of rotatable bonds is 3. The molecule has 2 aromatic rings.